The van der Waals surface area contributed by atoms with Gasteiger partial charge in [0.05, 0.1) is 20.3 Å². The van der Waals surface area contributed by atoms with E-state index in [9.17, 15) is 4.39 Å². The Bertz CT molecular complexity index is 541. The Balaban J connectivity index is 2.13. The predicted molar refractivity (Wildman–Crippen MR) is 68.9 cm³/mol. The van der Waals surface area contributed by atoms with Crippen LogP contribution in [-0.2, 0) is 6.54 Å². The lowest BCUT2D eigenvalue weighted by atomic mass is 10.2. The smallest absolute Gasteiger partial charge is 0.229 e. The van der Waals surface area contributed by atoms with Crippen LogP contribution < -0.4 is 14.8 Å². The highest BCUT2D eigenvalue weighted by Gasteiger charge is 2.06. The average Bonchev–Trinajstić information content (AvgIpc) is 2.46. The van der Waals surface area contributed by atoms with Gasteiger partial charge in [0.2, 0.25) is 17.7 Å². The molecule has 0 unspecified atom stereocenters. The highest BCUT2D eigenvalue weighted by Crippen LogP contribution is 2.18. The highest BCUT2D eigenvalue weighted by molar-refractivity contribution is 5.34. The first-order valence-corrected chi connectivity index (χ1v) is 5.67. The quantitative estimate of drug-likeness (QED) is 0.896. The molecule has 100 valence electrons. The van der Waals surface area contributed by atoms with Crippen LogP contribution in [0.1, 0.15) is 5.56 Å². The van der Waals surface area contributed by atoms with Crippen LogP contribution in [-0.4, -0.2) is 24.2 Å². The minimum Gasteiger partial charge on any atom is -0.481 e. The lowest BCUT2D eigenvalue weighted by Crippen LogP contribution is -2.06. The average molecular weight is 263 g/mol. The molecule has 0 radical (unpaired) electrons. The number of halogens is 1. The van der Waals surface area contributed by atoms with Gasteiger partial charge in [-0.05, 0) is 6.07 Å². The van der Waals surface area contributed by atoms with E-state index in [1.807, 2.05) is 0 Å². The first kappa shape index (κ1) is 13.1. The molecule has 1 aromatic carbocycles. The second-order valence-electron chi connectivity index (χ2n) is 3.72. The SMILES string of the molecule is COc1cc(OC)nc(NCc2ccccc2F)n1. The number of methoxy groups -OCH3 is 2. The van der Waals surface area contributed by atoms with Gasteiger partial charge in [-0.3, -0.25) is 0 Å². The normalized spacial score (nSPS) is 10.1. The molecule has 0 spiro atoms. The summed E-state index contributed by atoms with van der Waals surface area (Å²) in [6.07, 6.45) is 0. The van der Waals surface area contributed by atoms with Crippen molar-refractivity contribution in [2.75, 3.05) is 19.5 Å². The number of ether oxygens (including phenoxy) is 2. The Labute approximate surface area is 110 Å². The molecule has 19 heavy (non-hydrogen) atoms. The van der Waals surface area contributed by atoms with Gasteiger partial charge >= 0.3 is 0 Å². The van der Waals surface area contributed by atoms with Crippen LogP contribution in [0, 0.1) is 5.82 Å². The van der Waals surface area contributed by atoms with E-state index in [1.54, 1.807) is 24.3 Å². The molecule has 0 bridgehead atoms. The topological polar surface area (TPSA) is 56.3 Å². The lowest BCUT2D eigenvalue weighted by molar-refractivity contribution is 0.373. The molecule has 0 atom stereocenters. The van der Waals surface area contributed by atoms with Crippen molar-refractivity contribution < 1.29 is 13.9 Å². The molecule has 0 aliphatic carbocycles. The molecular formula is C13H14FN3O2. The Morgan fingerprint density at radius 3 is 2.32 bits per heavy atom. The third kappa shape index (κ3) is 3.31. The molecule has 2 aromatic rings. The van der Waals surface area contributed by atoms with Gasteiger partial charge in [-0.2, -0.15) is 9.97 Å². The van der Waals surface area contributed by atoms with Gasteiger partial charge in [-0.15, -0.1) is 0 Å². The standard InChI is InChI=1S/C13H14FN3O2/c1-18-11-7-12(19-2)17-13(16-11)15-8-9-5-3-4-6-10(9)14/h3-7H,8H2,1-2H3,(H,15,16,17). The van der Waals surface area contributed by atoms with Crippen LogP contribution in [0.5, 0.6) is 11.8 Å². The van der Waals surface area contributed by atoms with Crippen LogP contribution in [0.3, 0.4) is 0 Å². The largest absolute Gasteiger partial charge is 0.481 e. The molecule has 1 N–H and O–H groups in total. The van der Waals surface area contributed by atoms with Gasteiger partial charge in [0.25, 0.3) is 0 Å². The summed E-state index contributed by atoms with van der Waals surface area (Å²) in [4.78, 5) is 8.20. The molecule has 5 nitrogen and oxygen atoms in total. The molecule has 0 amide bonds. The third-order valence-electron chi connectivity index (χ3n) is 2.49. The van der Waals surface area contributed by atoms with Gasteiger partial charge < -0.3 is 14.8 Å². The zero-order valence-electron chi connectivity index (χ0n) is 10.7. The fourth-order valence-corrected chi connectivity index (χ4v) is 1.51. The van der Waals surface area contributed by atoms with Crippen molar-refractivity contribution in [1.82, 2.24) is 9.97 Å². The summed E-state index contributed by atoms with van der Waals surface area (Å²) in [5.74, 6) is 0.801. The number of rotatable bonds is 5. The number of hydrogen-bond acceptors (Lipinski definition) is 5. The van der Waals surface area contributed by atoms with E-state index in [0.717, 1.165) is 0 Å². The molecular weight excluding hydrogens is 249 g/mol. The van der Waals surface area contributed by atoms with Crippen molar-refractivity contribution in [1.29, 1.82) is 0 Å². The highest BCUT2D eigenvalue weighted by atomic mass is 19.1. The van der Waals surface area contributed by atoms with Crippen molar-refractivity contribution in [3.8, 4) is 11.8 Å². The summed E-state index contributed by atoms with van der Waals surface area (Å²) in [5.41, 5.74) is 0.535. The summed E-state index contributed by atoms with van der Waals surface area (Å²) >= 11 is 0. The molecule has 2 rings (SSSR count). The first-order valence-electron chi connectivity index (χ1n) is 5.67. The van der Waals surface area contributed by atoms with Crippen molar-refractivity contribution in [2.24, 2.45) is 0 Å². The summed E-state index contributed by atoms with van der Waals surface area (Å²) in [6.45, 7) is 0.281. The van der Waals surface area contributed by atoms with Crippen LogP contribution in [0.25, 0.3) is 0 Å². The van der Waals surface area contributed by atoms with Crippen molar-refractivity contribution in [3.63, 3.8) is 0 Å². The molecule has 1 heterocycles. The first-order chi connectivity index (χ1) is 9.22. The number of anilines is 1. The zero-order valence-corrected chi connectivity index (χ0v) is 10.7. The molecule has 0 fully saturated rings. The van der Waals surface area contributed by atoms with Gasteiger partial charge in [0.15, 0.2) is 0 Å². The minimum absolute atomic E-state index is 0.273. The maximum atomic E-state index is 13.5. The Hall–Kier alpha value is -2.37. The zero-order chi connectivity index (χ0) is 13.7. The van der Waals surface area contributed by atoms with Crippen LogP contribution in [0.4, 0.5) is 10.3 Å². The van der Waals surface area contributed by atoms with Crippen LogP contribution in [0.2, 0.25) is 0 Å². The van der Waals surface area contributed by atoms with Crippen LogP contribution >= 0.6 is 0 Å². The summed E-state index contributed by atoms with van der Waals surface area (Å²) < 4.78 is 23.5. The third-order valence-corrected chi connectivity index (χ3v) is 2.49. The monoisotopic (exact) mass is 263 g/mol. The van der Waals surface area contributed by atoms with Crippen molar-refractivity contribution in [2.45, 2.75) is 6.54 Å². The maximum Gasteiger partial charge on any atom is 0.229 e. The summed E-state index contributed by atoms with van der Waals surface area (Å²) in [6, 6.07) is 8.08. The molecule has 6 heteroatoms. The summed E-state index contributed by atoms with van der Waals surface area (Å²) in [5, 5.41) is 2.93. The summed E-state index contributed by atoms with van der Waals surface area (Å²) in [7, 11) is 3.00. The number of aromatic nitrogens is 2. The number of benzene rings is 1. The maximum absolute atomic E-state index is 13.5. The van der Waals surface area contributed by atoms with Gasteiger partial charge in [-0.25, -0.2) is 4.39 Å². The van der Waals surface area contributed by atoms with Gasteiger partial charge in [-0.1, -0.05) is 18.2 Å². The second kappa shape index (κ2) is 5.99. The number of hydrogen-bond donors (Lipinski definition) is 1. The molecule has 0 aliphatic rings. The minimum atomic E-state index is -0.273. The molecule has 0 saturated heterocycles. The Morgan fingerprint density at radius 1 is 1.11 bits per heavy atom. The van der Waals surface area contributed by atoms with E-state index in [2.05, 4.69) is 15.3 Å². The van der Waals surface area contributed by atoms with Crippen molar-refractivity contribution >= 4 is 5.95 Å². The number of nitrogens with one attached hydrogen (secondary N) is 1. The molecule has 0 aliphatic heterocycles. The van der Waals surface area contributed by atoms with E-state index < -0.39 is 0 Å². The van der Waals surface area contributed by atoms with E-state index in [4.69, 9.17) is 9.47 Å². The van der Waals surface area contributed by atoms with Crippen molar-refractivity contribution in [3.05, 3.63) is 41.7 Å². The van der Waals surface area contributed by atoms with Gasteiger partial charge in [0, 0.05) is 12.1 Å². The van der Waals surface area contributed by atoms with E-state index >= 15 is 0 Å². The fraction of sp³-hybridized carbons (Fsp3) is 0.231. The second-order valence-corrected chi connectivity index (χ2v) is 3.72. The van der Waals surface area contributed by atoms with Crippen LogP contribution in [0.15, 0.2) is 30.3 Å². The fourth-order valence-electron chi connectivity index (χ4n) is 1.51. The van der Waals surface area contributed by atoms with E-state index in [-0.39, 0.29) is 12.4 Å². The predicted octanol–water partition coefficient (Wildman–Crippen LogP) is 2.25. The Morgan fingerprint density at radius 2 is 1.74 bits per heavy atom. The van der Waals surface area contributed by atoms with E-state index in [0.29, 0.717) is 23.3 Å². The Kier molecular flexibility index (Phi) is 4.12. The van der Waals surface area contributed by atoms with E-state index in [1.165, 1.54) is 20.3 Å². The lowest BCUT2D eigenvalue weighted by Gasteiger charge is -2.08. The van der Waals surface area contributed by atoms with Gasteiger partial charge in [0.1, 0.15) is 5.82 Å². The number of nitrogens with zero attached hydrogens (tertiary/aromatic N) is 2. The molecule has 1 aromatic heterocycles. The molecule has 0 saturated carbocycles.